The number of benzene rings is 3. The molecule has 128 valence electrons. The molecule has 0 N–H and O–H groups in total. The number of nitrogens with zero attached hydrogens (tertiary/aromatic N) is 2. The van der Waals surface area contributed by atoms with E-state index in [2.05, 4.69) is 5.10 Å². The lowest BCUT2D eigenvalue weighted by atomic mass is 9.84. The maximum atomic E-state index is 13.7. The largest absolute Gasteiger partial charge is 0.453 e. The van der Waals surface area contributed by atoms with Gasteiger partial charge in [-0.2, -0.15) is 5.01 Å². The summed E-state index contributed by atoms with van der Waals surface area (Å²) < 4.78 is 6.17. The molecule has 3 aromatic rings. The van der Waals surface area contributed by atoms with Crippen LogP contribution in [0.4, 0.5) is 5.69 Å². The average molecular weight is 342 g/mol. The predicted molar refractivity (Wildman–Crippen MR) is 102 cm³/mol. The molecule has 0 saturated carbocycles. The number of carbonyl (C=O) groups excluding carboxylic acids is 1. The molecule has 0 spiro atoms. The summed E-state index contributed by atoms with van der Waals surface area (Å²) in [5.41, 5.74) is 0.971. The van der Waals surface area contributed by atoms with Gasteiger partial charge >= 0.3 is 5.91 Å². The molecule has 1 aliphatic rings. The van der Waals surface area contributed by atoms with Gasteiger partial charge in [0.1, 0.15) is 0 Å². The summed E-state index contributed by atoms with van der Waals surface area (Å²) in [6.07, 6.45) is 0. The van der Waals surface area contributed by atoms with Gasteiger partial charge in [-0.05, 0) is 12.1 Å². The van der Waals surface area contributed by atoms with E-state index in [1.165, 1.54) is 5.01 Å². The Labute approximate surface area is 152 Å². The fraction of sp³-hybridized carbons (Fsp3) is 0.0909. The van der Waals surface area contributed by atoms with E-state index in [-0.39, 0.29) is 5.91 Å². The minimum absolute atomic E-state index is 0.244. The molecule has 3 aromatic carbocycles. The van der Waals surface area contributed by atoms with Gasteiger partial charge in [-0.1, -0.05) is 78.9 Å². The van der Waals surface area contributed by atoms with Crippen molar-refractivity contribution in [2.75, 3.05) is 5.01 Å². The van der Waals surface area contributed by atoms with E-state index in [0.29, 0.717) is 11.6 Å². The third-order valence-corrected chi connectivity index (χ3v) is 4.40. The van der Waals surface area contributed by atoms with E-state index in [1.807, 2.05) is 91.0 Å². The first-order chi connectivity index (χ1) is 12.7. The molecule has 0 unspecified atom stereocenters. The smallest absolute Gasteiger partial charge is 0.301 e. The molecule has 0 bridgehead atoms. The van der Waals surface area contributed by atoms with Crippen LogP contribution in [0.15, 0.2) is 96.1 Å². The van der Waals surface area contributed by atoms with Crippen molar-refractivity contribution in [3.8, 4) is 0 Å². The van der Waals surface area contributed by atoms with Crippen molar-refractivity contribution in [3.05, 3.63) is 102 Å². The Morgan fingerprint density at radius 2 is 1.23 bits per heavy atom. The van der Waals surface area contributed by atoms with Crippen molar-refractivity contribution in [1.29, 1.82) is 0 Å². The summed E-state index contributed by atoms with van der Waals surface area (Å²) >= 11 is 0. The molecular formula is C22H18N2O2. The number of hydrogen-bond donors (Lipinski definition) is 0. The van der Waals surface area contributed by atoms with Gasteiger partial charge in [0.05, 0.1) is 5.69 Å². The van der Waals surface area contributed by atoms with E-state index in [1.54, 1.807) is 6.92 Å². The lowest BCUT2D eigenvalue weighted by Crippen LogP contribution is -2.52. The first-order valence-electron chi connectivity index (χ1n) is 8.47. The Bertz CT molecular complexity index is 898. The van der Waals surface area contributed by atoms with Crippen molar-refractivity contribution in [1.82, 2.24) is 0 Å². The van der Waals surface area contributed by atoms with E-state index in [9.17, 15) is 4.79 Å². The average Bonchev–Trinajstić information content (AvgIpc) is 2.71. The Morgan fingerprint density at radius 1 is 0.769 bits per heavy atom. The number of hydrogen-bond acceptors (Lipinski definition) is 3. The molecule has 26 heavy (non-hydrogen) atoms. The predicted octanol–water partition coefficient (Wildman–Crippen LogP) is 4.33. The lowest BCUT2D eigenvalue weighted by Gasteiger charge is -2.39. The summed E-state index contributed by atoms with van der Waals surface area (Å²) in [4.78, 5) is 13.7. The van der Waals surface area contributed by atoms with Crippen LogP contribution in [0.2, 0.25) is 0 Å². The van der Waals surface area contributed by atoms with Gasteiger partial charge in [0.2, 0.25) is 11.5 Å². The summed E-state index contributed by atoms with van der Waals surface area (Å²) in [6, 6.07) is 28.5. The van der Waals surface area contributed by atoms with Crippen LogP contribution in [0.3, 0.4) is 0 Å². The van der Waals surface area contributed by atoms with Gasteiger partial charge in [-0.25, -0.2) is 0 Å². The number of para-hydroxylation sites is 1. The molecular weight excluding hydrogens is 324 g/mol. The van der Waals surface area contributed by atoms with Crippen LogP contribution in [0.1, 0.15) is 18.1 Å². The fourth-order valence-corrected chi connectivity index (χ4v) is 3.24. The van der Waals surface area contributed by atoms with Crippen molar-refractivity contribution in [2.24, 2.45) is 5.10 Å². The normalized spacial score (nSPS) is 16.0. The van der Waals surface area contributed by atoms with Crippen LogP contribution in [0.25, 0.3) is 0 Å². The monoisotopic (exact) mass is 342 g/mol. The highest BCUT2D eigenvalue weighted by Crippen LogP contribution is 2.39. The number of anilines is 1. The Balaban J connectivity index is 1.95. The second-order valence-corrected chi connectivity index (χ2v) is 6.09. The molecule has 4 heteroatoms. The maximum Gasteiger partial charge on any atom is 0.301 e. The van der Waals surface area contributed by atoms with Crippen LogP contribution < -0.4 is 5.01 Å². The summed E-state index contributed by atoms with van der Waals surface area (Å²) in [5, 5.41) is 5.79. The molecule has 1 amide bonds. The standard InChI is InChI=1S/C22H18N2O2/c1-17-23-24(20-15-9-4-10-16-20)21(25)22(26-17,18-11-5-2-6-12-18)19-13-7-3-8-14-19/h2-16H,1H3. The Hall–Kier alpha value is -3.40. The second-order valence-electron chi connectivity index (χ2n) is 6.09. The highest BCUT2D eigenvalue weighted by Gasteiger charge is 2.50. The minimum atomic E-state index is -1.27. The highest BCUT2D eigenvalue weighted by molar-refractivity contribution is 6.06. The second kappa shape index (κ2) is 6.48. The van der Waals surface area contributed by atoms with Crippen molar-refractivity contribution < 1.29 is 9.53 Å². The van der Waals surface area contributed by atoms with Crippen molar-refractivity contribution >= 4 is 17.5 Å². The maximum absolute atomic E-state index is 13.7. The number of ether oxygens (including phenoxy) is 1. The van der Waals surface area contributed by atoms with E-state index in [0.717, 1.165) is 11.1 Å². The van der Waals surface area contributed by atoms with Crippen LogP contribution in [-0.2, 0) is 15.1 Å². The van der Waals surface area contributed by atoms with Gasteiger partial charge < -0.3 is 4.74 Å². The third-order valence-electron chi connectivity index (χ3n) is 4.40. The van der Waals surface area contributed by atoms with Crippen molar-refractivity contribution in [2.45, 2.75) is 12.5 Å². The van der Waals surface area contributed by atoms with Gasteiger partial charge in [0, 0.05) is 18.1 Å². The summed E-state index contributed by atoms with van der Waals surface area (Å²) in [5.74, 6) is 0.188. The molecule has 0 fully saturated rings. The van der Waals surface area contributed by atoms with Crippen LogP contribution >= 0.6 is 0 Å². The first kappa shape index (κ1) is 16.1. The topological polar surface area (TPSA) is 41.9 Å². The van der Waals surface area contributed by atoms with E-state index >= 15 is 0 Å². The fourth-order valence-electron chi connectivity index (χ4n) is 3.24. The summed E-state index contributed by atoms with van der Waals surface area (Å²) in [7, 11) is 0. The van der Waals surface area contributed by atoms with Gasteiger partial charge in [-0.3, -0.25) is 4.79 Å². The highest BCUT2D eigenvalue weighted by atomic mass is 16.5. The molecule has 1 heterocycles. The SMILES string of the molecule is CC1=NN(c2ccccc2)C(=O)C(c2ccccc2)(c2ccccc2)O1. The molecule has 4 nitrogen and oxygen atoms in total. The van der Waals surface area contributed by atoms with Gasteiger partial charge in [0.15, 0.2) is 0 Å². The Morgan fingerprint density at radius 3 is 1.73 bits per heavy atom. The van der Waals surface area contributed by atoms with Crippen molar-refractivity contribution in [3.63, 3.8) is 0 Å². The quantitative estimate of drug-likeness (QED) is 0.711. The molecule has 0 radical (unpaired) electrons. The molecule has 0 atom stereocenters. The van der Waals surface area contributed by atoms with Crippen LogP contribution in [0, 0.1) is 0 Å². The molecule has 0 saturated heterocycles. The number of hydrazone groups is 1. The molecule has 0 aliphatic carbocycles. The van der Waals surface area contributed by atoms with E-state index < -0.39 is 5.60 Å². The minimum Gasteiger partial charge on any atom is -0.453 e. The Kier molecular flexibility index (Phi) is 4.01. The van der Waals surface area contributed by atoms with Crippen LogP contribution in [0.5, 0.6) is 0 Å². The molecule has 0 aromatic heterocycles. The van der Waals surface area contributed by atoms with E-state index in [4.69, 9.17) is 4.74 Å². The zero-order chi connectivity index (χ0) is 18.0. The van der Waals surface area contributed by atoms with Gasteiger partial charge in [-0.15, -0.1) is 5.10 Å². The molecule has 4 rings (SSSR count). The number of amides is 1. The molecule has 1 aliphatic heterocycles. The number of carbonyl (C=O) groups is 1. The zero-order valence-corrected chi connectivity index (χ0v) is 14.4. The van der Waals surface area contributed by atoms with Crippen LogP contribution in [-0.4, -0.2) is 11.8 Å². The lowest BCUT2D eigenvalue weighted by molar-refractivity contribution is -0.134. The summed E-state index contributed by atoms with van der Waals surface area (Å²) in [6.45, 7) is 1.77. The van der Waals surface area contributed by atoms with Gasteiger partial charge in [0.25, 0.3) is 0 Å². The number of rotatable bonds is 3. The third kappa shape index (κ3) is 2.56. The zero-order valence-electron chi connectivity index (χ0n) is 14.4. The first-order valence-corrected chi connectivity index (χ1v) is 8.47.